The number of likely N-dealkylation sites (tertiary alicyclic amines) is 1. The Balaban J connectivity index is 1.61. The van der Waals surface area contributed by atoms with Gasteiger partial charge in [0.2, 0.25) is 0 Å². The molecule has 2 aliphatic rings. The summed E-state index contributed by atoms with van der Waals surface area (Å²) in [6, 6.07) is 8.45. The molecule has 2 heterocycles. The largest absolute Gasteiger partial charge is 0.459 e. The first-order chi connectivity index (χ1) is 10.3. The van der Waals surface area contributed by atoms with E-state index in [9.17, 15) is 0 Å². The molecule has 1 aromatic carbocycles. The van der Waals surface area contributed by atoms with E-state index in [1.54, 1.807) is 0 Å². The lowest BCUT2D eigenvalue weighted by Gasteiger charge is -2.17. The number of benzene rings is 1. The first-order valence-corrected chi connectivity index (χ1v) is 8.21. The molecule has 2 fully saturated rings. The van der Waals surface area contributed by atoms with Crippen LogP contribution in [0.4, 0.5) is 0 Å². The smallest absolute Gasteiger partial charge is 0.134 e. The molecule has 1 saturated heterocycles. The number of fused-ring (bicyclic) bond motifs is 2. The minimum absolute atomic E-state index is 0.810. The molecule has 1 N–H and O–H groups in total. The second kappa shape index (κ2) is 5.47. The summed E-state index contributed by atoms with van der Waals surface area (Å²) in [5, 5.41) is 4.53. The second-order valence-electron chi connectivity index (χ2n) is 6.68. The van der Waals surface area contributed by atoms with E-state index in [-0.39, 0.29) is 0 Å². The summed E-state index contributed by atoms with van der Waals surface area (Å²) in [6.07, 6.45) is 4.33. The van der Waals surface area contributed by atoms with Crippen molar-refractivity contribution in [2.45, 2.75) is 32.4 Å². The van der Waals surface area contributed by atoms with Crippen molar-refractivity contribution >= 4 is 11.0 Å². The van der Waals surface area contributed by atoms with E-state index >= 15 is 0 Å². The molecule has 0 radical (unpaired) electrons. The maximum Gasteiger partial charge on any atom is 0.134 e. The Labute approximate surface area is 126 Å². The van der Waals surface area contributed by atoms with Gasteiger partial charge in [-0.15, -0.1) is 0 Å². The van der Waals surface area contributed by atoms with Crippen molar-refractivity contribution in [2.24, 2.45) is 11.8 Å². The van der Waals surface area contributed by atoms with Crippen molar-refractivity contribution in [2.75, 3.05) is 20.1 Å². The Bertz CT molecular complexity index is 621. The summed E-state index contributed by atoms with van der Waals surface area (Å²) in [6.45, 7) is 4.41. The highest BCUT2D eigenvalue weighted by atomic mass is 16.3. The number of hydrogen-bond acceptors (Lipinski definition) is 3. The quantitative estimate of drug-likeness (QED) is 0.933. The van der Waals surface area contributed by atoms with Crippen LogP contribution in [-0.4, -0.2) is 25.0 Å². The second-order valence-corrected chi connectivity index (χ2v) is 6.68. The maximum atomic E-state index is 6.05. The summed E-state index contributed by atoms with van der Waals surface area (Å²) in [5.74, 6) is 3.02. The average Bonchev–Trinajstić information content (AvgIpc) is 3.14. The summed E-state index contributed by atoms with van der Waals surface area (Å²) < 4.78 is 6.05. The molecule has 21 heavy (non-hydrogen) atoms. The van der Waals surface area contributed by atoms with E-state index in [4.69, 9.17) is 4.42 Å². The molecule has 112 valence electrons. The van der Waals surface area contributed by atoms with Crippen LogP contribution in [0.2, 0.25) is 0 Å². The van der Waals surface area contributed by atoms with Crippen LogP contribution in [0.25, 0.3) is 11.0 Å². The number of rotatable bonds is 4. The van der Waals surface area contributed by atoms with Crippen molar-refractivity contribution in [3.8, 4) is 0 Å². The lowest BCUT2D eigenvalue weighted by atomic mass is 10.0. The summed E-state index contributed by atoms with van der Waals surface area (Å²) in [7, 11) is 1.98. The number of para-hydroxylation sites is 1. The molecular formula is C18H24N2O. The summed E-state index contributed by atoms with van der Waals surface area (Å²) in [4.78, 5) is 2.64. The highest BCUT2D eigenvalue weighted by molar-refractivity contribution is 5.82. The van der Waals surface area contributed by atoms with Gasteiger partial charge < -0.3 is 9.73 Å². The third kappa shape index (κ3) is 2.39. The van der Waals surface area contributed by atoms with Gasteiger partial charge in [0.15, 0.2) is 0 Å². The van der Waals surface area contributed by atoms with Crippen LogP contribution in [0.3, 0.4) is 0 Å². The van der Waals surface area contributed by atoms with E-state index in [2.05, 4.69) is 34.5 Å². The van der Waals surface area contributed by atoms with Crippen LogP contribution in [0, 0.1) is 11.8 Å². The Morgan fingerprint density at radius 3 is 2.71 bits per heavy atom. The zero-order valence-electron chi connectivity index (χ0n) is 12.8. The maximum absolute atomic E-state index is 6.05. The molecule has 1 aliphatic heterocycles. The number of nitrogens with zero attached hydrogens (tertiary/aromatic N) is 1. The molecule has 1 aromatic heterocycles. The highest BCUT2D eigenvalue weighted by Crippen LogP contribution is 2.39. The van der Waals surface area contributed by atoms with Crippen LogP contribution in [0.5, 0.6) is 0 Å². The van der Waals surface area contributed by atoms with Crippen molar-refractivity contribution in [3.63, 3.8) is 0 Å². The third-order valence-corrected chi connectivity index (χ3v) is 5.30. The normalized spacial score (nSPS) is 25.8. The van der Waals surface area contributed by atoms with Gasteiger partial charge in [-0.05, 0) is 37.8 Å². The molecule has 2 aromatic rings. The fraction of sp³-hybridized carbons (Fsp3) is 0.556. The fourth-order valence-electron chi connectivity index (χ4n) is 4.31. The molecule has 4 rings (SSSR count). The van der Waals surface area contributed by atoms with Gasteiger partial charge in [0, 0.05) is 30.6 Å². The molecular weight excluding hydrogens is 260 g/mol. The molecule has 2 unspecified atom stereocenters. The van der Waals surface area contributed by atoms with E-state index in [0.717, 1.165) is 36.3 Å². The van der Waals surface area contributed by atoms with Gasteiger partial charge in [0.25, 0.3) is 0 Å². The van der Waals surface area contributed by atoms with Gasteiger partial charge in [-0.1, -0.05) is 24.6 Å². The molecule has 0 bridgehead atoms. The number of nitrogens with one attached hydrogen (secondary N) is 1. The standard InChI is InChI=1S/C18H24N2O/c1-19-9-18-16(15-7-2-3-8-17(15)21-18)12-20-10-13-5-4-6-14(13)11-20/h2-3,7-8,13-14,19H,4-6,9-12H2,1H3. The zero-order valence-corrected chi connectivity index (χ0v) is 12.8. The predicted molar refractivity (Wildman–Crippen MR) is 85.1 cm³/mol. The monoisotopic (exact) mass is 284 g/mol. The number of furan rings is 1. The number of hydrogen-bond donors (Lipinski definition) is 1. The van der Waals surface area contributed by atoms with Crippen LogP contribution in [0.1, 0.15) is 30.6 Å². The van der Waals surface area contributed by atoms with Gasteiger partial charge in [0.05, 0.1) is 6.54 Å². The molecule has 0 amide bonds. The Morgan fingerprint density at radius 2 is 1.95 bits per heavy atom. The highest BCUT2D eigenvalue weighted by Gasteiger charge is 2.36. The van der Waals surface area contributed by atoms with Gasteiger partial charge in [-0.2, -0.15) is 0 Å². The van der Waals surface area contributed by atoms with Crippen LogP contribution in [0.15, 0.2) is 28.7 Å². The zero-order chi connectivity index (χ0) is 14.2. The Hall–Kier alpha value is -1.32. The molecule has 2 atom stereocenters. The predicted octanol–water partition coefficient (Wildman–Crippen LogP) is 3.38. The molecule has 3 heteroatoms. The van der Waals surface area contributed by atoms with Crippen LogP contribution in [-0.2, 0) is 13.1 Å². The van der Waals surface area contributed by atoms with Crippen LogP contribution >= 0.6 is 0 Å². The lowest BCUT2D eigenvalue weighted by molar-refractivity contribution is 0.301. The van der Waals surface area contributed by atoms with Gasteiger partial charge >= 0.3 is 0 Å². The van der Waals surface area contributed by atoms with Gasteiger partial charge in [0.1, 0.15) is 11.3 Å². The van der Waals surface area contributed by atoms with Crippen molar-refractivity contribution in [1.29, 1.82) is 0 Å². The lowest BCUT2D eigenvalue weighted by Crippen LogP contribution is -2.22. The van der Waals surface area contributed by atoms with E-state index in [1.165, 1.54) is 43.3 Å². The van der Waals surface area contributed by atoms with Crippen molar-refractivity contribution in [3.05, 3.63) is 35.6 Å². The first-order valence-electron chi connectivity index (χ1n) is 8.21. The average molecular weight is 284 g/mol. The van der Waals surface area contributed by atoms with Crippen LogP contribution < -0.4 is 5.32 Å². The van der Waals surface area contributed by atoms with E-state index in [1.807, 2.05) is 7.05 Å². The van der Waals surface area contributed by atoms with Crippen molar-refractivity contribution < 1.29 is 4.42 Å². The van der Waals surface area contributed by atoms with E-state index < -0.39 is 0 Å². The topological polar surface area (TPSA) is 28.4 Å². The third-order valence-electron chi connectivity index (χ3n) is 5.30. The molecule has 1 aliphatic carbocycles. The molecule has 1 saturated carbocycles. The van der Waals surface area contributed by atoms with E-state index in [0.29, 0.717) is 0 Å². The summed E-state index contributed by atoms with van der Waals surface area (Å²) in [5.41, 5.74) is 2.41. The van der Waals surface area contributed by atoms with Gasteiger partial charge in [-0.3, -0.25) is 4.90 Å². The Morgan fingerprint density at radius 1 is 1.19 bits per heavy atom. The Kier molecular flexibility index (Phi) is 3.48. The molecule has 0 spiro atoms. The van der Waals surface area contributed by atoms with Gasteiger partial charge in [-0.25, -0.2) is 0 Å². The fourth-order valence-corrected chi connectivity index (χ4v) is 4.31. The SMILES string of the molecule is CNCc1oc2ccccc2c1CN1CC2CCCC2C1. The first kappa shape index (κ1) is 13.4. The minimum atomic E-state index is 0.810. The minimum Gasteiger partial charge on any atom is -0.459 e. The van der Waals surface area contributed by atoms with Crippen molar-refractivity contribution in [1.82, 2.24) is 10.2 Å². The molecule has 3 nitrogen and oxygen atoms in total. The summed E-state index contributed by atoms with van der Waals surface area (Å²) >= 11 is 0.